The van der Waals surface area contributed by atoms with Crippen LogP contribution in [0.4, 0.5) is 11.4 Å². The summed E-state index contributed by atoms with van der Waals surface area (Å²) in [5.74, 6) is -0.484. The van der Waals surface area contributed by atoms with Crippen LogP contribution in [0.3, 0.4) is 0 Å². The maximum Gasteiger partial charge on any atom is 0.255 e. The molecule has 0 unspecified atom stereocenters. The number of halogens is 1. The van der Waals surface area contributed by atoms with E-state index in [2.05, 4.69) is 15.6 Å². The van der Waals surface area contributed by atoms with Crippen molar-refractivity contribution in [3.63, 3.8) is 0 Å². The summed E-state index contributed by atoms with van der Waals surface area (Å²) < 4.78 is 1.79. The molecule has 3 aromatic carbocycles. The minimum atomic E-state index is -0.276. The van der Waals surface area contributed by atoms with Crippen LogP contribution >= 0.6 is 11.6 Å². The van der Waals surface area contributed by atoms with Crippen molar-refractivity contribution >= 4 is 34.8 Å². The van der Waals surface area contributed by atoms with Crippen molar-refractivity contribution in [1.82, 2.24) is 9.55 Å². The number of anilines is 2. The van der Waals surface area contributed by atoms with Crippen LogP contribution in [0.25, 0.3) is 5.69 Å². The second-order valence-corrected chi connectivity index (χ2v) is 6.89. The lowest BCUT2D eigenvalue weighted by molar-refractivity contribution is 0.102. The van der Waals surface area contributed by atoms with Crippen molar-refractivity contribution in [2.75, 3.05) is 10.6 Å². The van der Waals surface area contributed by atoms with Gasteiger partial charge in [-0.25, -0.2) is 4.98 Å². The van der Waals surface area contributed by atoms with Crippen LogP contribution in [-0.4, -0.2) is 21.4 Å². The summed E-state index contributed by atoms with van der Waals surface area (Å²) in [6, 6.07) is 20.9. The van der Waals surface area contributed by atoms with Crippen molar-refractivity contribution in [3.8, 4) is 5.69 Å². The molecule has 0 atom stereocenters. The molecule has 0 saturated carbocycles. The summed E-state index contributed by atoms with van der Waals surface area (Å²) in [5, 5.41) is 6.12. The number of carbonyl (C=O) groups excluding carboxylic acids is 2. The molecule has 0 spiro atoms. The standard InChI is InChI=1S/C23H17ClN4O2/c24-20-14-19(10-11-21(20)28-13-12-25-15-28)27-23(30)17-6-8-18(9-7-17)26-22(29)16-4-2-1-3-5-16/h1-15H,(H,26,29)(H,27,30). The first-order valence-corrected chi connectivity index (χ1v) is 9.54. The molecule has 30 heavy (non-hydrogen) atoms. The van der Waals surface area contributed by atoms with Gasteiger partial charge in [-0.3, -0.25) is 9.59 Å². The van der Waals surface area contributed by atoms with Gasteiger partial charge in [-0.1, -0.05) is 29.8 Å². The third kappa shape index (κ3) is 4.39. The fourth-order valence-corrected chi connectivity index (χ4v) is 3.17. The fourth-order valence-electron chi connectivity index (χ4n) is 2.90. The molecule has 1 heterocycles. The zero-order valence-electron chi connectivity index (χ0n) is 15.7. The number of hydrogen-bond donors (Lipinski definition) is 2. The quantitative estimate of drug-likeness (QED) is 0.479. The molecular weight excluding hydrogens is 400 g/mol. The van der Waals surface area contributed by atoms with Crippen LogP contribution in [0.15, 0.2) is 91.5 Å². The Morgan fingerprint density at radius 1 is 0.800 bits per heavy atom. The van der Waals surface area contributed by atoms with E-state index in [0.29, 0.717) is 27.5 Å². The predicted octanol–water partition coefficient (Wildman–Crippen LogP) is 5.03. The monoisotopic (exact) mass is 416 g/mol. The lowest BCUT2D eigenvalue weighted by Gasteiger charge is -2.10. The minimum absolute atomic E-state index is 0.208. The smallest absolute Gasteiger partial charge is 0.255 e. The maximum atomic E-state index is 12.5. The van der Waals surface area contributed by atoms with E-state index in [0.717, 1.165) is 5.69 Å². The van der Waals surface area contributed by atoms with Gasteiger partial charge in [0, 0.05) is 34.9 Å². The molecule has 0 aliphatic carbocycles. The number of carbonyl (C=O) groups is 2. The summed E-state index contributed by atoms with van der Waals surface area (Å²) in [4.78, 5) is 28.7. The topological polar surface area (TPSA) is 76.0 Å². The van der Waals surface area contributed by atoms with Crippen molar-refractivity contribution < 1.29 is 9.59 Å². The van der Waals surface area contributed by atoms with Crippen molar-refractivity contribution in [3.05, 3.63) is 108 Å². The second kappa shape index (κ2) is 8.63. The van der Waals surface area contributed by atoms with Crippen molar-refractivity contribution in [2.24, 2.45) is 0 Å². The molecule has 0 saturated heterocycles. The van der Waals surface area contributed by atoms with Crippen molar-refractivity contribution in [1.29, 1.82) is 0 Å². The summed E-state index contributed by atoms with van der Waals surface area (Å²) >= 11 is 6.33. The molecule has 0 bridgehead atoms. The fraction of sp³-hybridized carbons (Fsp3) is 0. The van der Waals surface area contributed by atoms with E-state index in [-0.39, 0.29) is 11.8 Å². The van der Waals surface area contributed by atoms with Gasteiger partial charge < -0.3 is 15.2 Å². The van der Waals surface area contributed by atoms with Crippen LogP contribution in [0.2, 0.25) is 5.02 Å². The Labute approximate surface area is 178 Å². The van der Waals surface area contributed by atoms with E-state index < -0.39 is 0 Å². The Kier molecular flexibility index (Phi) is 5.59. The van der Waals surface area contributed by atoms with Gasteiger partial charge >= 0.3 is 0 Å². The number of amides is 2. The minimum Gasteiger partial charge on any atom is -0.322 e. The van der Waals surface area contributed by atoms with Gasteiger partial charge in [0.2, 0.25) is 0 Å². The maximum absolute atomic E-state index is 12.5. The van der Waals surface area contributed by atoms with Gasteiger partial charge in [-0.2, -0.15) is 0 Å². The van der Waals surface area contributed by atoms with E-state index in [4.69, 9.17) is 11.6 Å². The van der Waals surface area contributed by atoms with Gasteiger partial charge in [-0.05, 0) is 54.6 Å². The van der Waals surface area contributed by atoms with Crippen LogP contribution in [0, 0.1) is 0 Å². The second-order valence-electron chi connectivity index (χ2n) is 6.49. The molecule has 0 radical (unpaired) electrons. The summed E-state index contributed by atoms with van der Waals surface area (Å²) in [5.41, 5.74) is 2.98. The zero-order chi connectivity index (χ0) is 20.9. The summed E-state index contributed by atoms with van der Waals surface area (Å²) in [7, 11) is 0. The van der Waals surface area contributed by atoms with Crippen LogP contribution in [0.5, 0.6) is 0 Å². The normalized spacial score (nSPS) is 10.4. The molecule has 1 aromatic heterocycles. The van der Waals surface area contributed by atoms with Crippen LogP contribution in [0.1, 0.15) is 20.7 Å². The van der Waals surface area contributed by atoms with Crippen LogP contribution < -0.4 is 10.6 Å². The Bertz CT molecular complexity index is 1170. The predicted molar refractivity (Wildman–Crippen MR) is 117 cm³/mol. The number of benzene rings is 3. The lowest BCUT2D eigenvalue weighted by atomic mass is 10.1. The number of nitrogens with zero attached hydrogens (tertiary/aromatic N) is 2. The number of rotatable bonds is 5. The first-order chi connectivity index (χ1) is 14.6. The molecular formula is C23H17ClN4O2. The molecule has 0 aliphatic rings. The van der Waals surface area contributed by atoms with Gasteiger partial charge in [0.1, 0.15) is 0 Å². The Balaban J connectivity index is 1.41. The van der Waals surface area contributed by atoms with E-state index >= 15 is 0 Å². The average Bonchev–Trinajstić information content (AvgIpc) is 3.29. The summed E-state index contributed by atoms with van der Waals surface area (Å²) in [6.45, 7) is 0. The molecule has 148 valence electrons. The van der Waals surface area contributed by atoms with Gasteiger partial charge in [-0.15, -0.1) is 0 Å². The molecule has 0 aliphatic heterocycles. The number of hydrogen-bond acceptors (Lipinski definition) is 3. The SMILES string of the molecule is O=C(Nc1ccc(C(=O)Nc2ccc(-n3ccnc3)c(Cl)c2)cc1)c1ccccc1. The highest BCUT2D eigenvalue weighted by atomic mass is 35.5. The molecule has 2 amide bonds. The van der Waals surface area contributed by atoms with Gasteiger partial charge in [0.15, 0.2) is 0 Å². The lowest BCUT2D eigenvalue weighted by Crippen LogP contribution is -2.13. The highest BCUT2D eigenvalue weighted by molar-refractivity contribution is 6.32. The molecule has 7 heteroatoms. The van der Waals surface area contributed by atoms with Crippen molar-refractivity contribution in [2.45, 2.75) is 0 Å². The number of aromatic nitrogens is 2. The van der Waals surface area contributed by atoms with E-state index in [1.54, 1.807) is 84.0 Å². The molecule has 2 N–H and O–H groups in total. The third-order valence-corrected chi connectivity index (χ3v) is 4.73. The molecule has 0 fully saturated rings. The van der Waals surface area contributed by atoms with E-state index in [1.165, 1.54) is 0 Å². The first kappa shape index (κ1) is 19.4. The zero-order valence-corrected chi connectivity index (χ0v) is 16.5. The van der Waals surface area contributed by atoms with Gasteiger partial charge in [0.05, 0.1) is 17.0 Å². The Morgan fingerprint density at radius 3 is 2.07 bits per heavy atom. The number of imidazole rings is 1. The third-order valence-electron chi connectivity index (χ3n) is 4.43. The molecule has 4 aromatic rings. The van der Waals surface area contributed by atoms with E-state index in [9.17, 15) is 9.59 Å². The Morgan fingerprint density at radius 2 is 1.43 bits per heavy atom. The highest BCUT2D eigenvalue weighted by Crippen LogP contribution is 2.24. The molecule has 4 rings (SSSR count). The highest BCUT2D eigenvalue weighted by Gasteiger charge is 2.10. The van der Waals surface area contributed by atoms with E-state index in [1.807, 2.05) is 12.1 Å². The number of nitrogens with one attached hydrogen (secondary N) is 2. The van der Waals surface area contributed by atoms with Gasteiger partial charge in [0.25, 0.3) is 11.8 Å². The average molecular weight is 417 g/mol. The molecule has 6 nitrogen and oxygen atoms in total. The Hall–Kier alpha value is -3.90. The first-order valence-electron chi connectivity index (χ1n) is 9.16. The largest absolute Gasteiger partial charge is 0.322 e. The van der Waals surface area contributed by atoms with Crippen LogP contribution in [-0.2, 0) is 0 Å². The summed E-state index contributed by atoms with van der Waals surface area (Å²) in [6.07, 6.45) is 5.10.